The third-order valence-electron chi connectivity index (χ3n) is 5.59. The van der Waals surface area contributed by atoms with Crippen molar-refractivity contribution in [1.82, 2.24) is 5.43 Å². The SMILES string of the molecule is CC1(C)[C@H]2CC[C@]1(C)/C(=N/NC(=O)c1ccsc1)C2. The Morgan fingerprint density at radius 2 is 2.26 bits per heavy atom. The minimum absolute atomic E-state index is 0.0991. The van der Waals surface area contributed by atoms with Crippen molar-refractivity contribution >= 4 is 23.0 Å². The highest BCUT2D eigenvalue weighted by molar-refractivity contribution is 7.08. The van der Waals surface area contributed by atoms with Gasteiger partial charge in [-0.3, -0.25) is 4.79 Å². The van der Waals surface area contributed by atoms with E-state index in [4.69, 9.17) is 0 Å². The van der Waals surface area contributed by atoms with E-state index in [9.17, 15) is 4.79 Å². The van der Waals surface area contributed by atoms with Crippen LogP contribution in [0.25, 0.3) is 0 Å². The summed E-state index contributed by atoms with van der Waals surface area (Å²) in [5.41, 5.74) is 5.06. The fourth-order valence-corrected chi connectivity index (χ4v) is 4.31. The monoisotopic (exact) mass is 276 g/mol. The van der Waals surface area contributed by atoms with E-state index >= 15 is 0 Å². The molecule has 1 amide bonds. The number of hydrogen-bond donors (Lipinski definition) is 1. The lowest BCUT2D eigenvalue weighted by atomic mass is 9.70. The Morgan fingerprint density at radius 3 is 2.79 bits per heavy atom. The van der Waals surface area contributed by atoms with Gasteiger partial charge in [0.1, 0.15) is 0 Å². The van der Waals surface area contributed by atoms with Crippen LogP contribution >= 0.6 is 11.3 Å². The number of amides is 1. The fraction of sp³-hybridized carbons (Fsp3) is 0.600. The molecule has 1 aromatic heterocycles. The van der Waals surface area contributed by atoms with Crippen LogP contribution in [0.3, 0.4) is 0 Å². The van der Waals surface area contributed by atoms with Gasteiger partial charge in [-0.05, 0) is 42.0 Å². The molecule has 0 spiro atoms. The van der Waals surface area contributed by atoms with Crippen LogP contribution in [0.1, 0.15) is 50.4 Å². The van der Waals surface area contributed by atoms with E-state index in [1.54, 1.807) is 0 Å². The van der Waals surface area contributed by atoms with Crippen LogP contribution in [-0.2, 0) is 0 Å². The van der Waals surface area contributed by atoms with Crippen molar-refractivity contribution < 1.29 is 4.79 Å². The van der Waals surface area contributed by atoms with Crippen LogP contribution in [0.4, 0.5) is 0 Å². The summed E-state index contributed by atoms with van der Waals surface area (Å²) < 4.78 is 0. The number of hydrazone groups is 1. The maximum Gasteiger partial charge on any atom is 0.272 e. The molecule has 2 fully saturated rings. The number of nitrogens with one attached hydrogen (secondary N) is 1. The van der Waals surface area contributed by atoms with E-state index in [1.807, 2.05) is 16.8 Å². The zero-order valence-corrected chi connectivity index (χ0v) is 12.5. The van der Waals surface area contributed by atoms with Gasteiger partial charge < -0.3 is 0 Å². The van der Waals surface area contributed by atoms with Crippen LogP contribution in [0.2, 0.25) is 0 Å². The first-order valence-corrected chi connectivity index (χ1v) is 7.79. The molecule has 1 aromatic rings. The number of fused-ring (bicyclic) bond motifs is 2. The Morgan fingerprint density at radius 1 is 1.47 bits per heavy atom. The van der Waals surface area contributed by atoms with Crippen molar-refractivity contribution in [3.63, 3.8) is 0 Å². The van der Waals surface area contributed by atoms with Gasteiger partial charge in [-0.15, -0.1) is 0 Å². The maximum absolute atomic E-state index is 11.9. The molecule has 2 aliphatic rings. The Bertz CT molecular complexity index is 532. The third kappa shape index (κ3) is 1.76. The lowest BCUT2D eigenvalue weighted by molar-refractivity contribution is 0.0954. The highest BCUT2D eigenvalue weighted by Gasteiger charge is 2.59. The first-order valence-electron chi connectivity index (χ1n) is 6.85. The van der Waals surface area contributed by atoms with E-state index < -0.39 is 0 Å². The second-order valence-electron chi connectivity index (χ2n) is 6.50. The maximum atomic E-state index is 11.9. The number of hydrogen-bond acceptors (Lipinski definition) is 3. The van der Waals surface area contributed by atoms with E-state index in [1.165, 1.54) is 29.9 Å². The fourth-order valence-electron chi connectivity index (χ4n) is 3.67. The smallest absolute Gasteiger partial charge is 0.267 e. The summed E-state index contributed by atoms with van der Waals surface area (Å²) in [6.45, 7) is 6.98. The Balaban J connectivity index is 1.78. The summed E-state index contributed by atoms with van der Waals surface area (Å²) in [4.78, 5) is 11.9. The quantitative estimate of drug-likeness (QED) is 0.823. The molecule has 2 bridgehead atoms. The second kappa shape index (κ2) is 4.17. The van der Waals surface area contributed by atoms with Gasteiger partial charge in [0, 0.05) is 16.5 Å². The van der Waals surface area contributed by atoms with E-state index in [-0.39, 0.29) is 11.3 Å². The minimum Gasteiger partial charge on any atom is -0.267 e. The van der Waals surface area contributed by atoms with Gasteiger partial charge in [0.15, 0.2) is 0 Å². The third-order valence-corrected chi connectivity index (χ3v) is 6.27. The first-order chi connectivity index (χ1) is 8.95. The van der Waals surface area contributed by atoms with Gasteiger partial charge in [-0.2, -0.15) is 16.4 Å². The molecule has 0 aromatic carbocycles. The van der Waals surface area contributed by atoms with Gasteiger partial charge in [-0.25, -0.2) is 5.43 Å². The lowest BCUT2D eigenvalue weighted by Gasteiger charge is -2.34. The van der Waals surface area contributed by atoms with Crippen LogP contribution in [0.15, 0.2) is 21.9 Å². The number of rotatable bonds is 2. The normalized spacial score (nSPS) is 33.8. The van der Waals surface area contributed by atoms with Crippen LogP contribution in [0, 0.1) is 16.7 Å². The summed E-state index contributed by atoms with van der Waals surface area (Å²) in [5, 5.41) is 8.21. The Hall–Kier alpha value is -1.16. The topological polar surface area (TPSA) is 41.5 Å². The molecule has 0 unspecified atom stereocenters. The molecule has 0 radical (unpaired) electrons. The summed E-state index contributed by atoms with van der Waals surface area (Å²) in [7, 11) is 0. The van der Waals surface area contributed by atoms with Crippen LogP contribution in [0.5, 0.6) is 0 Å². The molecule has 1 N–H and O–H groups in total. The molecule has 2 aliphatic carbocycles. The van der Waals surface area contributed by atoms with Gasteiger partial charge in [0.25, 0.3) is 5.91 Å². The van der Waals surface area contributed by atoms with Crippen molar-refractivity contribution in [2.45, 2.75) is 40.0 Å². The average Bonchev–Trinajstić information content (AvgIpc) is 3.01. The molecule has 102 valence electrons. The van der Waals surface area contributed by atoms with Crippen LogP contribution < -0.4 is 5.43 Å². The second-order valence-corrected chi connectivity index (χ2v) is 7.29. The largest absolute Gasteiger partial charge is 0.272 e. The molecule has 4 heteroatoms. The zero-order valence-electron chi connectivity index (χ0n) is 11.7. The standard InChI is InChI=1S/C15H20N2OS/c1-14(2)11-4-6-15(14,3)12(8-11)16-17-13(18)10-5-7-19-9-10/h5,7,9,11H,4,6,8H2,1-3H3,(H,17,18)/b16-12+/t11-,15+/m0/s1. The van der Waals surface area contributed by atoms with Gasteiger partial charge >= 0.3 is 0 Å². The van der Waals surface area contributed by atoms with E-state index in [0.717, 1.165) is 6.42 Å². The first kappa shape index (κ1) is 12.9. The Labute approximate surface area is 118 Å². The highest BCUT2D eigenvalue weighted by atomic mass is 32.1. The molecule has 0 saturated heterocycles. The predicted molar refractivity (Wildman–Crippen MR) is 78.4 cm³/mol. The Kier molecular flexibility index (Phi) is 2.82. The molecular formula is C15H20N2OS. The minimum atomic E-state index is -0.0991. The summed E-state index contributed by atoms with van der Waals surface area (Å²) >= 11 is 1.53. The van der Waals surface area contributed by atoms with Crippen molar-refractivity contribution in [3.8, 4) is 0 Å². The summed E-state index contributed by atoms with van der Waals surface area (Å²) in [6, 6.07) is 1.83. The van der Waals surface area contributed by atoms with Crippen molar-refractivity contribution in [1.29, 1.82) is 0 Å². The number of carbonyl (C=O) groups is 1. The molecule has 1 heterocycles. The van der Waals surface area contributed by atoms with Crippen molar-refractivity contribution in [2.75, 3.05) is 0 Å². The molecule has 2 saturated carbocycles. The summed E-state index contributed by atoms with van der Waals surface area (Å²) in [5.74, 6) is 0.618. The van der Waals surface area contributed by atoms with Gasteiger partial charge in [0.2, 0.25) is 0 Å². The summed E-state index contributed by atoms with van der Waals surface area (Å²) in [6.07, 6.45) is 3.52. The van der Waals surface area contributed by atoms with Gasteiger partial charge in [0.05, 0.1) is 5.56 Å². The zero-order chi connectivity index (χ0) is 13.7. The number of carbonyl (C=O) groups excluding carboxylic acids is 1. The molecule has 3 rings (SSSR count). The van der Waals surface area contributed by atoms with Crippen molar-refractivity contribution in [3.05, 3.63) is 22.4 Å². The highest BCUT2D eigenvalue weighted by Crippen LogP contribution is 2.63. The molecular weight excluding hydrogens is 256 g/mol. The predicted octanol–water partition coefficient (Wildman–Crippen LogP) is 3.68. The van der Waals surface area contributed by atoms with Crippen molar-refractivity contribution in [2.24, 2.45) is 21.8 Å². The number of nitrogens with zero attached hydrogens (tertiary/aromatic N) is 1. The lowest BCUT2D eigenvalue weighted by Crippen LogP contribution is -2.34. The van der Waals surface area contributed by atoms with Crippen LogP contribution in [-0.4, -0.2) is 11.6 Å². The average molecular weight is 276 g/mol. The van der Waals surface area contributed by atoms with Gasteiger partial charge in [-0.1, -0.05) is 20.8 Å². The molecule has 2 atom stereocenters. The van der Waals surface area contributed by atoms with E-state index in [2.05, 4.69) is 31.3 Å². The number of thiophene rings is 1. The molecule has 0 aliphatic heterocycles. The molecule has 19 heavy (non-hydrogen) atoms. The molecule has 3 nitrogen and oxygen atoms in total. The van der Waals surface area contributed by atoms with E-state index in [0.29, 0.717) is 16.9 Å².